The molecule has 0 bridgehead atoms. The maximum atomic E-state index is 5.40. The molecular formula is C13H15BrN4O. The summed E-state index contributed by atoms with van der Waals surface area (Å²) in [6.45, 7) is 2.62. The van der Waals surface area contributed by atoms with Gasteiger partial charge in [0, 0.05) is 18.9 Å². The Balaban J connectivity index is 2.16. The molecule has 2 N–H and O–H groups in total. The lowest BCUT2D eigenvalue weighted by atomic mass is 10.3. The molecule has 0 saturated heterocycles. The lowest BCUT2D eigenvalue weighted by molar-refractivity contribution is 0.340. The van der Waals surface area contributed by atoms with Gasteiger partial charge in [-0.15, -0.1) is 0 Å². The molecule has 2 rings (SSSR count). The van der Waals surface area contributed by atoms with Gasteiger partial charge in [0.05, 0.1) is 11.1 Å². The van der Waals surface area contributed by atoms with Crippen LogP contribution in [0, 0.1) is 0 Å². The van der Waals surface area contributed by atoms with Crippen molar-refractivity contribution in [2.24, 2.45) is 0 Å². The van der Waals surface area contributed by atoms with E-state index in [1.54, 1.807) is 13.2 Å². The van der Waals surface area contributed by atoms with E-state index in [1.807, 2.05) is 31.2 Å². The average Bonchev–Trinajstić information content (AvgIpc) is 2.44. The minimum atomic E-state index is 0.566. The molecular weight excluding hydrogens is 308 g/mol. The Morgan fingerprint density at radius 1 is 1.26 bits per heavy atom. The monoisotopic (exact) mass is 322 g/mol. The van der Waals surface area contributed by atoms with Crippen LogP contribution in [-0.2, 0) is 0 Å². The smallest absolute Gasteiger partial charge is 0.224 e. The predicted molar refractivity (Wildman–Crippen MR) is 80.2 cm³/mol. The van der Waals surface area contributed by atoms with Gasteiger partial charge in [0.25, 0.3) is 0 Å². The first-order valence-electron chi connectivity index (χ1n) is 5.93. The second-order valence-electron chi connectivity index (χ2n) is 3.72. The lowest BCUT2D eigenvalue weighted by Crippen LogP contribution is -2.01. The molecule has 5 nitrogen and oxygen atoms in total. The Labute approximate surface area is 120 Å². The summed E-state index contributed by atoms with van der Waals surface area (Å²) in [7, 11) is 1.78. The third-order valence-electron chi connectivity index (χ3n) is 2.40. The van der Waals surface area contributed by atoms with Crippen molar-refractivity contribution < 1.29 is 4.74 Å². The van der Waals surface area contributed by atoms with Crippen molar-refractivity contribution in [3.63, 3.8) is 0 Å². The highest BCUT2D eigenvalue weighted by Crippen LogP contribution is 2.25. The van der Waals surface area contributed by atoms with Gasteiger partial charge in [-0.1, -0.05) is 0 Å². The van der Waals surface area contributed by atoms with E-state index < -0.39 is 0 Å². The van der Waals surface area contributed by atoms with E-state index in [0.29, 0.717) is 18.4 Å². The molecule has 1 heterocycles. The minimum absolute atomic E-state index is 0.566. The largest absolute Gasteiger partial charge is 0.494 e. The molecule has 0 spiro atoms. The Kier molecular flexibility index (Phi) is 4.57. The van der Waals surface area contributed by atoms with Crippen LogP contribution in [0.25, 0.3) is 0 Å². The molecule has 100 valence electrons. The first-order chi connectivity index (χ1) is 9.22. The van der Waals surface area contributed by atoms with Crippen LogP contribution in [0.3, 0.4) is 0 Å². The molecule has 0 fully saturated rings. The van der Waals surface area contributed by atoms with Crippen LogP contribution in [-0.4, -0.2) is 23.6 Å². The molecule has 0 aliphatic heterocycles. The minimum Gasteiger partial charge on any atom is -0.494 e. The lowest BCUT2D eigenvalue weighted by Gasteiger charge is -2.09. The molecule has 0 aliphatic rings. The molecule has 6 heteroatoms. The Hall–Kier alpha value is -1.82. The van der Waals surface area contributed by atoms with Crippen LogP contribution >= 0.6 is 15.9 Å². The second-order valence-corrected chi connectivity index (χ2v) is 4.58. The predicted octanol–water partition coefficient (Wildman–Crippen LogP) is 3.42. The third-order valence-corrected chi connectivity index (χ3v) is 2.98. The van der Waals surface area contributed by atoms with Gasteiger partial charge in [-0.05, 0) is 47.1 Å². The van der Waals surface area contributed by atoms with Gasteiger partial charge in [0.2, 0.25) is 5.95 Å². The van der Waals surface area contributed by atoms with Gasteiger partial charge >= 0.3 is 0 Å². The van der Waals surface area contributed by atoms with Crippen molar-refractivity contribution in [1.29, 1.82) is 0 Å². The number of hydrogen-bond donors (Lipinski definition) is 2. The van der Waals surface area contributed by atoms with Crippen molar-refractivity contribution in [2.75, 3.05) is 24.3 Å². The van der Waals surface area contributed by atoms with E-state index in [1.165, 1.54) is 0 Å². The van der Waals surface area contributed by atoms with E-state index >= 15 is 0 Å². The molecule has 0 radical (unpaired) electrons. The maximum Gasteiger partial charge on any atom is 0.224 e. The van der Waals surface area contributed by atoms with E-state index in [9.17, 15) is 0 Å². The number of anilines is 3. The van der Waals surface area contributed by atoms with Gasteiger partial charge in [-0.3, -0.25) is 0 Å². The molecule has 0 aliphatic carbocycles. The number of aromatic nitrogens is 2. The fourth-order valence-corrected chi connectivity index (χ4v) is 1.80. The summed E-state index contributed by atoms with van der Waals surface area (Å²) >= 11 is 3.42. The highest BCUT2D eigenvalue weighted by atomic mass is 79.9. The summed E-state index contributed by atoms with van der Waals surface area (Å²) in [5.74, 6) is 2.13. The molecule has 1 aromatic carbocycles. The zero-order valence-electron chi connectivity index (χ0n) is 10.8. The molecule has 0 saturated carbocycles. The number of halogens is 1. The van der Waals surface area contributed by atoms with Crippen molar-refractivity contribution in [3.05, 3.63) is 34.9 Å². The van der Waals surface area contributed by atoms with E-state index in [4.69, 9.17) is 4.74 Å². The SMILES string of the molecule is CCOc1ccc(Nc2nc(NC)ncc2Br)cc1. The summed E-state index contributed by atoms with van der Waals surface area (Å²) in [5, 5.41) is 6.13. The first-order valence-corrected chi connectivity index (χ1v) is 6.72. The van der Waals surface area contributed by atoms with Crippen LogP contribution < -0.4 is 15.4 Å². The zero-order valence-corrected chi connectivity index (χ0v) is 12.4. The van der Waals surface area contributed by atoms with Gasteiger partial charge in [0.1, 0.15) is 11.6 Å². The topological polar surface area (TPSA) is 59.1 Å². The summed E-state index contributed by atoms with van der Waals surface area (Å²) < 4.78 is 6.20. The van der Waals surface area contributed by atoms with Crippen LogP contribution in [0.4, 0.5) is 17.5 Å². The zero-order chi connectivity index (χ0) is 13.7. The third kappa shape index (κ3) is 3.57. The summed E-state index contributed by atoms with van der Waals surface area (Å²) in [6, 6.07) is 7.72. The van der Waals surface area contributed by atoms with E-state index in [2.05, 4.69) is 36.5 Å². The number of ether oxygens (including phenoxy) is 1. The number of rotatable bonds is 5. The highest BCUT2D eigenvalue weighted by Gasteiger charge is 2.04. The van der Waals surface area contributed by atoms with Crippen LogP contribution in [0.5, 0.6) is 5.75 Å². The first kappa shape index (κ1) is 13.6. The average molecular weight is 323 g/mol. The number of nitrogens with one attached hydrogen (secondary N) is 2. The highest BCUT2D eigenvalue weighted by molar-refractivity contribution is 9.10. The molecule has 0 atom stereocenters. The molecule has 1 aromatic heterocycles. The number of nitrogens with zero attached hydrogens (tertiary/aromatic N) is 2. The maximum absolute atomic E-state index is 5.40. The molecule has 0 amide bonds. The molecule has 2 aromatic rings. The quantitative estimate of drug-likeness (QED) is 0.883. The summed E-state index contributed by atoms with van der Waals surface area (Å²) in [6.07, 6.45) is 1.70. The number of hydrogen-bond acceptors (Lipinski definition) is 5. The van der Waals surface area contributed by atoms with Crippen LogP contribution in [0.2, 0.25) is 0 Å². The fraction of sp³-hybridized carbons (Fsp3) is 0.231. The van der Waals surface area contributed by atoms with Gasteiger partial charge in [0.15, 0.2) is 0 Å². The normalized spacial score (nSPS) is 10.1. The van der Waals surface area contributed by atoms with Gasteiger partial charge in [-0.25, -0.2) is 4.98 Å². The summed E-state index contributed by atoms with van der Waals surface area (Å²) in [5.41, 5.74) is 0.935. The van der Waals surface area contributed by atoms with E-state index in [0.717, 1.165) is 15.9 Å². The molecule has 0 unspecified atom stereocenters. The van der Waals surface area contributed by atoms with Crippen molar-refractivity contribution in [1.82, 2.24) is 9.97 Å². The Bertz CT molecular complexity index is 545. The van der Waals surface area contributed by atoms with E-state index in [-0.39, 0.29) is 0 Å². The fourth-order valence-electron chi connectivity index (χ4n) is 1.51. The summed E-state index contributed by atoms with van der Waals surface area (Å²) in [4.78, 5) is 8.44. The second kappa shape index (κ2) is 6.38. The van der Waals surface area contributed by atoms with Crippen LogP contribution in [0.1, 0.15) is 6.92 Å². The van der Waals surface area contributed by atoms with Crippen LogP contribution in [0.15, 0.2) is 34.9 Å². The van der Waals surface area contributed by atoms with Crippen molar-refractivity contribution in [2.45, 2.75) is 6.92 Å². The Morgan fingerprint density at radius 2 is 2.00 bits per heavy atom. The molecule has 19 heavy (non-hydrogen) atoms. The van der Waals surface area contributed by atoms with Crippen molar-refractivity contribution >= 4 is 33.4 Å². The van der Waals surface area contributed by atoms with Gasteiger partial charge < -0.3 is 15.4 Å². The van der Waals surface area contributed by atoms with Crippen molar-refractivity contribution in [3.8, 4) is 5.75 Å². The Morgan fingerprint density at radius 3 is 2.63 bits per heavy atom. The standard InChI is InChI=1S/C13H15BrN4O/c1-3-19-10-6-4-9(5-7-10)17-12-11(14)8-16-13(15-2)18-12/h4-8H,3H2,1-2H3,(H2,15,16,17,18). The van der Waals surface area contributed by atoms with Gasteiger partial charge in [-0.2, -0.15) is 4.98 Å². The number of benzene rings is 1.